The summed E-state index contributed by atoms with van der Waals surface area (Å²) in [6.07, 6.45) is 1.67. The lowest BCUT2D eigenvalue weighted by molar-refractivity contribution is -0.384. The van der Waals surface area contributed by atoms with E-state index in [1.54, 1.807) is 32.1 Å². The second-order valence-corrected chi connectivity index (χ2v) is 8.65. The van der Waals surface area contributed by atoms with E-state index in [2.05, 4.69) is 4.99 Å². The van der Waals surface area contributed by atoms with Crippen LogP contribution in [0, 0.1) is 10.1 Å². The molecule has 0 N–H and O–H groups in total. The van der Waals surface area contributed by atoms with Crippen molar-refractivity contribution in [3.05, 3.63) is 93.3 Å². The van der Waals surface area contributed by atoms with Gasteiger partial charge in [-0.15, -0.1) is 11.3 Å². The Morgan fingerprint density at radius 2 is 2.06 bits per heavy atom. The Morgan fingerprint density at radius 3 is 2.68 bits per heavy atom. The zero-order valence-electron chi connectivity index (χ0n) is 16.6. The number of nitrogens with zero attached hydrogens (tertiary/aromatic N) is 3. The molecule has 8 nitrogen and oxygen atoms in total. The topological polar surface area (TPSA) is 104 Å². The lowest BCUT2D eigenvalue weighted by Crippen LogP contribution is -2.39. The first-order valence-corrected chi connectivity index (χ1v) is 11.1. The molecule has 0 radical (unpaired) electrons. The van der Waals surface area contributed by atoms with Crippen molar-refractivity contribution in [2.75, 3.05) is 6.61 Å². The summed E-state index contributed by atoms with van der Waals surface area (Å²) in [6, 6.07) is 9.08. The number of carbonyl (C=O) groups excluding carboxylic acids is 1. The minimum Gasteiger partial charge on any atom is -0.463 e. The number of carbonyl (C=O) groups is 1. The van der Waals surface area contributed by atoms with E-state index in [1.165, 1.54) is 39.4 Å². The van der Waals surface area contributed by atoms with E-state index in [0.29, 0.717) is 26.2 Å². The third kappa shape index (κ3) is 3.87. The molecule has 158 valence electrons. The summed E-state index contributed by atoms with van der Waals surface area (Å²) >= 11 is 2.66. The zero-order valence-corrected chi connectivity index (χ0v) is 18.2. The lowest BCUT2D eigenvalue weighted by Gasteiger charge is -2.23. The molecule has 3 aromatic rings. The van der Waals surface area contributed by atoms with Crippen molar-refractivity contribution in [3.63, 3.8) is 0 Å². The number of rotatable bonds is 5. The third-order valence-electron chi connectivity index (χ3n) is 4.73. The molecule has 1 aliphatic rings. The van der Waals surface area contributed by atoms with Gasteiger partial charge in [0.05, 0.1) is 27.3 Å². The summed E-state index contributed by atoms with van der Waals surface area (Å²) in [6.45, 7) is 3.69. The average molecular weight is 456 g/mol. The Hall–Kier alpha value is -3.37. The lowest BCUT2D eigenvalue weighted by atomic mass is 10.0. The molecule has 4 rings (SSSR count). The van der Waals surface area contributed by atoms with Gasteiger partial charge in [-0.1, -0.05) is 17.4 Å². The maximum atomic E-state index is 13.3. The van der Waals surface area contributed by atoms with Crippen molar-refractivity contribution >= 4 is 40.4 Å². The largest absolute Gasteiger partial charge is 0.463 e. The van der Waals surface area contributed by atoms with E-state index in [0.717, 1.165) is 4.88 Å². The number of ether oxygens (including phenoxy) is 1. The van der Waals surface area contributed by atoms with Gasteiger partial charge in [-0.2, -0.15) is 0 Å². The van der Waals surface area contributed by atoms with Crippen molar-refractivity contribution in [1.29, 1.82) is 0 Å². The van der Waals surface area contributed by atoms with Crippen molar-refractivity contribution in [3.8, 4) is 0 Å². The van der Waals surface area contributed by atoms with Crippen molar-refractivity contribution < 1.29 is 14.5 Å². The first kappa shape index (κ1) is 20.9. The fraction of sp³-hybridized carbons (Fsp3) is 0.190. The quantitative estimate of drug-likeness (QED) is 0.334. The van der Waals surface area contributed by atoms with Gasteiger partial charge in [-0.3, -0.25) is 19.5 Å². The van der Waals surface area contributed by atoms with Crippen molar-refractivity contribution in [1.82, 2.24) is 4.57 Å². The van der Waals surface area contributed by atoms with Gasteiger partial charge in [-0.25, -0.2) is 9.79 Å². The monoisotopic (exact) mass is 455 g/mol. The minimum atomic E-state index is -0.616. The Kier molecular flexibility index (Phi) is 5.66. The van der Waals surface area contributed by atoms with Crippen LogP contribution in [0.15, 0.2) is 62.8 Å². The first-order valence-electron chi connectivity index (χ1n) is 9.38. The van der Waals surface area contributed by atoms with Gasteiger partial charge in [0, 0.05) is 17.0 Å². The van der Waals surface area contributed by atoms with Crippen LogP contribution in [0.5, 0.6) is 0 Å². The number of hydrogen-bond acceptors (Lipinski definition) is 8. The maximum absolute atomic E-state index is 13.3. The summed E-state index contributed by atoms with van der Waals surface area (Å²) in [4.78, 5) is 42.3. The van der Waals surface area contributed by atoms with Gasteiger partial charge in [0.2, 0.25) is 0 Å². The van der Waals surface area contributed by atoms with Gasteiger partial charge < -0.3 is 4.74 Å². The highest BCUT2D eigenvalue weighted by atomic mass is 32.1. The number of fused-ring (bicyclic) bond motifs is 1. The van der Waals surface area contributed by atoms with Crippen LogP contribution in [-0.2, 0) is 9.53 Å². The van der Waals surface area contributed by atoms with E-state index in [1.807, 2.05) is 17.5 Å². The molecule has 31 heavy (non-hydrogen) atoms. The number of nitro groups is 1. The van der Waals surface area contributed by atoms with E-state index in [9.17, 15) is 19.7 Å². The van der Waals surface area contributed by atoms with Crippen LogP contribution >= 0.6 is 22.7 Å². The normalized spacial score (nSPS) is 16.1. The number of thiazole rings is 1. The van der Waals surface area contributed by atoms with Crippen LogP contribution in [0.1, 0.15) is 30.3 Å². The van der Waals surface area contributed by atoms with Crippen LogP contribution in [0.4, 0.5) is 5.69 Å². The molecular weight excluding hydrogens is 438 g/mol. The highest BCUT2D eigenvalue weighted by Gasteiger charge is 2.33. The molecule has 2 aromatic heterocycles. The summed E-state index contributed by atoms with van der Waals surface area (Å²) < 4.78 is 7.18. The molecule has 10 heteroatoms. The highest BCUT2D eigenvalue weighted by molar-refractivity contribution is 7.10. The smallest absolute Gasteiger partial charge is 0.338 e. The highest BCUT2D eigenvalue weighted by Crippen LogP contribution is 2.33. The Morgan fingerprint density at radius 1 is 1.32 bits per heavy atom. The summed E-state index contributed by atoms with van der Waals surface area (Å²) in [5, 5.41) is 12.7. The van der Waals surface area contributed by atoms with Crippen LogP contribution in [0.2, 0.25) is 0 Å². The van der Waals surface area contributed by atoms with Gasteiger partial charge in [0.1, 0.15) is 6.04 Å². The Bertz CT molecular complexity index is 1370. The third-order valence-corrected chi connectivity index (χ3v) is 6.64. The number of non-ortho nitro benzene ring substituents is 1. The number of allylic oxidation sites excluding steroid dienone is 1. The number of aromatic nitrogens is 1. The molecular formula is C21H17N3O5S2. The van der Waals surface area contributed by atoms with E-state index in [-0.39, 0.29) is 17.9 Å². The fourth-order valence-corrected chi connectivity index (χ4v) is 5.22. The van der Waals surface area contributed by atoms with Crippen molar-refractivity contribution in [2.24, 2.45) is 4.99 Å². The first-order chi connectivity index (χ1) is 14.9. The van der Waals surface area contributed by atoms with Gasteiger partial charge in [0.25, 0.3) is 11.2 Å². The molecule has 0 fully saturated rings. The number of nitro benzene ring substituents is 1. The SMILES string of the molecule is CCOC(=O)C1=C(C)N=c2sc(=Cc3ccc([N+](=O)[O-])cc3)c(=O)n2[C@@H]1c1cccs1. The molecule has 3 heterocycles. The Labute approximate surface area is 184 Å². The van der Waals surface area contributed by atoms with Crippen LogP contribution in [0.25, 0.3) is 6.08 Å². The van der Waals surface area contributed by atoms with E-state index < -0.39 is 16.9 Å². The summed E-state index contributed by atoms with van der Waals surface area (Å²) in [7, 11) is 0. The fourth-order valence-electron chi connectivity index (χ4n) is 3.35. The van der Waals surface area contributed by atoms with Gasteiger partial charge in [0.15, 0.2) is 4.80 Å². The molecule has 0 spiro atoms. The maximum Gasteiger partial charge on any atom is 0.338 e. The van der Waals surface area contributed by atoms with Crippen LogP contribution in [0.3, 0.4) is 0 Å². The van der Waals surface area contributed by atoms with Crippen LogP contribution in [-0.4, -0.2) is 22.1 Å². The predicted molar refractivity (Wildman–Crippen MR) is 118 cm³/mol. The molecule has 1 aromatic carbocycles. The summed E-state index contributed by atoms with van der Waals surface area (Å²) in [5.41, 5.74) is 1.21. The van der Waals surface area contributed by atoms with E-state index >= 15 is 0 Å². The molecule has 0 aliphatic carbocycles. The minimum absolute atomic E-state index is 0.0222. The molecule has 0 bridgehead atoms. The predicted octanol–water partition coefficient (Wildman–Crippen LogP) is 2.77. The summed E-state index contributed by atoms with van der Waals surface area (Å²) in [5.74, 6) is -0.494. The molecule has 0 saturated carbocycles. The zero-order chi connectivity index (χ0) is 22.1. The molecule has 1 atom stereocenters. The average Bonchev–Trinajstić information content (AvgIpc) is 3.36. The second kappa shape index (κ2) is 8.40. The number of hydrogen-bond donors (Lipinski definition) is 0. The second-order valence-electron chi connectivity index (χ2n) is 6.67. The standard InChI is InChI=1S/C21H17N3O5S2/c1-3-29-20(26)17-12(2)22-21-23(18(17)15-5-4-10-30-15)19(25)16(31-21)11-13-6-8-14(9-7-13)24(27)28/h4-11,18H,3H2,1-2H3/t18-/m1/s1. The molecule has 0 amide bonds. The van der Waals surface area contributed by atoms with Gasteiger partial charge >= 0.3 is 5.97 Å². The van der Waals surface area contributed by atoms with Crippen molar-refractivity contribution in [2.45, 2.75) is 19.9 Å². The van der Waals surface area contributed by atoms with Gasteiger partial charge in [-0.05, 0) is 49.1 Å². The molecule has 0 unspecified atom stereocenters. The number of benzene rings is 1. The Balaban J connectivity index is 1.88. The number of thiophene rings is 1. The number of esters is 1. The molecule has 1 aliphatic heterocycles. The van der Waals surface area contributed by atoms with Crippen LogP contribution < -0.4 is 14.9 Å². The van der Waals surface area contributed by atoms with E-state index in [4.69, 9.17) is 4.74 Å². The molecule has 0 saturated heterocycles.